The highest BCUT2D eigenvalue weighted by molar-refractivity contribution is 6.06. The lowest BCUT2D eigenvalue weighted by molar-refractivity contribution is 0.0950. The van der Waals surface area contributed by atoms with Gasteiger partial charge in [-0.1, -0.05) is 35.9 Å². The zero-order valence-electron chi connectivity index (χ0n) is 14.3. The van der Waals surface area contributed by atoms with Gasteiger partial charge in [-0.15, -0.1) is 0 Å². The molecule has 25 heavy (non-hydrogen) atoms. The van der Waals surface area contributed by atoms with Crippen LogP contribution in [0.25, 0.3) is 10.8 Å². The quantitative estimate of drug-likeness (QED) is 0.570. The van der Waals surface area contributed by atoms with Gasteiger partial charge in [0.05, 0.1) is 11.1 Å². The standard InChI is InChI=1S/C19H18N4O2/c1-11-8-9-12(2)16(10-11)13(3)20-23-19(25)17-14-6-4-5-7-15(14)18(24)22-21-17/h4-10H,1-3H3,(H,22,24)(H,23,25)/b20-13-. The second-order valence-corrected chi connectivity index (χ2v) is 5.90. The summed E-state index contributed by atoms with van der Waals surface area (Å²) in [5, 5.41) is 11.3. The van der Waals surface area contributed by atoms with E-state index in [0.717, 1.165) is 16.7 Å². The molecule has 0 aliphatic heterocycles. The lowest BCUT2D eigenvalue weighted by atomic mass is 10.0. The van der Waals surface area contributed by atoms with Crippen LogP contribution in [-0.4, -0.2) is 21.8 Å². The van der Waals surface area contributed by atoms with Crippen molar-refractivity contribution in [2.75, 3.05) is 0 Å². The van der Waals surface area contributed by atoms with Gasteiger partial charge < -0.3 is 0 Å². The normalized spacial score (nSPS) is 11.6. The molecule has 2 N–H and O–H groups in total. The zero-order valence-corrected chi connectivity index (χ0v) is 14.3. The molecule has 2 aromatic carbocycles. The monoisotopic (exact) mass is 334 g/mol. The van der Waals surface area contributed by atoms with Crippen LogP contribution >= 0.6 is 0 Å². The van der Waals surface area contributed by atoms with Crippen LogP contribution in [0.5, 0.6) is 0 Å². The van der Waals surface area contributed by atoms with Crippen molar-refractivity contribution < 1.29 is 4.79 Å². The number of hydrogen-bond donors (Lipinski definition) is 2. The van der Waals surface area contributed by atoms with E-state index in [-0.39, 0.29) is 11.3 Å². The van der Waals surface area contributed by atoms with E-state index in [1.54, 1.807) is 24.3 Å². The van der Waals surface area contributed by atoms with Crippen molar-refractivity contribution in [1.29, 1.82) is 0 Å². The average Bonchev–Trinajstić information content (AvgIpc) is 2.62. The van der Waals surface area contributed by atoms with Gasteiger partial charge in [-0.05, 0) is 38.5 Å². The molecule has 0 aliphatic carbocycles. The van der Waals surface area contributed by atoms with Gasteiger partial charge in [-0.2, -0.15) is 10.2 Å². The van der Waals surface area contributed by atoms with Gasteiger partial charge in [-0.25, -0.2) is 10.5 Å². The summed E-state index contributed by atoms with van der Waals surface area (Å²) in [5.41, 5.74) is 6.19. The Morgan fingerprint density at radius 1 is 1.12 bits per heavy atom. The first kappa shape index (κ1) is 16.6. The number of benzene rings is 2. The van der Waals surface area contributed by atoms with Crippen LogP contribution in [0.15, 0.2) is 52.4 Å². The van der Waals surface area contributed by atoms with E-state index in [4.69, 9.17) is 0 Å². The van der Waals surface area contributed by atoms with E-state index in [1.807, 2.05) is 39.0 Å². The zero-order chi connectivity index (χ0) is 18.0. The summed E-state index contributed by atoms with van der Waals surface area (Å²) in [6.45, 7) is 5.83. The van der Waals surface area contributed by atoms with Gasteiger partial charge >= 0.3 is 0 Å². The minimum atomic E-state index is -0.475. The van der Waals surface area contributed by atoms with Crippen LogP contribution < -0.4 is 11.0 Å². The largest absolute Gasteiger partial charge is 0.292 e. The summed E-state index contributed by atoms with van der Waals surface area (Å²) in [5.74, 6) is -0.475. The summed E-state index contributed by atoms with van der Waals surface area (Å²) in [4.78, 5) is 24.3. The van der Waals surface area contributed by atoms with E-state index in [0.29, 0.717) is 16.5 Å². The van der Waals surface area contributed by atoms with Gasteiger partial charge in [0.2, 0.25) is 0 Å². The molecular weight excluding hydrogens is 316 g/mol. The molecule has 0 unspecified atom stereocenters. The second-order valence-electron chi connectivity index (χ2n) is 5.90. The van der Waals surface area contributed by atoms with Gasteiger partial charge in [0, 0.05) is 10.9 Å². The number of aromatic amines is 1. The van der Waals surface area contributed by atoms with Crippen molar-refractivity contribution in [3.8, 4) is 0 Å². The molecule has 6 heteroatoms. The number of rotatable bonds is 3. The molecule has 0 saturated carbocycles. The van der Waals surface area contributed by atoms with Gasteiger partial charge in [0.25, 0.3) is 11.5 Å². The minimum absolute atomic E-state index is 0.132. The van der Waals surface area contributed by atoms with E-state index < -0.39 is 5.91 Å². The molecule has 1 aromatic heterocycles. The van der Waals surface area contributed by atoms with Gasteiger partial charge in [0.15, 0.2) is 5.69 Å². The Bertz CT molecular complexity index is 1050. The third kappa shape index (κ3) is 3.33. The first-order valence-electron chi connectivity index (χ1n) is 7.87. The van der Waals surface area contributed by atoms with Crippen LogP contribution in [0.4, 0.5) is 0 Å². The molecule has 1 amide bonds. The molecule has 0 aliphatic rings. The number of aromatic nitrogens is 2. The fourth-order valence-corrected chi connectivity index (χ4v) is 2.66. The smallest absolute Gasteiger partial charge is 0.267 e. The van der Waals surface area contributed by atoms with Crippen molar-refractivity contribution in [2.24, 2.45) is 5.10 Å². The Hall–Kier alpha value is -3.28. The maximum absolute atomic E-state index is 12.5. The molecule has 3 aromatic rings. The lowest BCUT2D eigenvalue weighted by Gasteiger charge is -2.08. The Morgan fingerprint density at radius 2 is 1.84 bits per heavy atom. The number of hydrazone groups is 1. The van der Waals surface area contributed by atoms with Crippen molar-refractivity contribution in [3.63, 3.8) is 0 Å². The fourth-order valence-electron chi connectivity index (χ4n) is 2.66. The molecular formula is C19H18N4O2. The molecule has 0 fully saturated rings. The fraction of sp³-hybridized carbons (Fsp3) is 0.158. The average molecular weight is 334 g/mol. The van der Waals surface area contributed by atoms with Crippen molar-refractivity contribution in [2.45, 2.75) is 20.8 Å². The van der Waals surface area contributed by atoms with Crippen molar-refractivity contribution in [3.05, 3.63) is 75.2 Å². The van der Waals surface area contributed by atoms with Crippen LogP contribution in [0, 0.1) is 13.8 Å². The van der Waals surface area contributed by atoms with Crippen LogP contribution in [-0.2, 0) is 0 Å². The first-order valence-corrected chi connectivity index (χ1v) is 7.87. The maximum Gasteiger partial charge on any atom is 0.292 e. The topological polar surface area (TPSA) is 87.2 Å². The third-order valence-corrected chi connectivity index (χ3v) is 4.02. The summed E-state index contributed by atoms with van der Waals surface area (Å²) < 4.78 is 0. The number of hydrogen-bond acceptors (Lipinski definition) is 4. The van der Waals surface area contributed by atoms with Crippen LogP contribution in [0.1, 0.15) is 34.1 Å². The number of H-pyrrole nitrogens is 1. The predicted molar refractivity (Wildman–Crippen MR) is 98.0 cm³/mol. The second kappa shape index (κ2) is 6.68. The predicted octanol–water partition coefficient (Wildman–Crippen LogP) is 2.69. The molecule has 0 atom stereocenters. The number of carbonyl (C=O) groups excluding carboxylic acids is 1. The SMILES string of the molecule is C/C(=N/NC(=O)c1n[nH]c(=O)c2ccccc12)c1cc(C)ccc1C. The maximum atomic E-state index is 12.5. The lowest BCUT2D eigenvalue weighted by Crippen LogP contribution is -2.23. The minimum Gasteiger partial charge on any atom is -0.267 e. The number of aryl methyl sites for hydroxylation is 2. The molecule has 126 valence electrons. The van der Waals surface area contributed by atoms with E-state index in [9.17, 15) is 9.59 Å². The van der Waals surface area contributed by atoms with E-state index >= 15 is 0 Å². The highest BCUT2D eigenvalue weighted by Gasteiger charge is 2.13. The molecule has 0 saturated heterocycles. The number of fused-ring (bicyclic) bond motifs is 1. The Balaban J connectivity index is 1.92. The molecule has 6 nitrogen and oxygen atoms in total. The Labute approximate surface area is 144 Å². The number of carbonyl (C=O) groups is 1. The highest BCUT2D eigenvalue weighted by Crippen LogP contribution is 2.13. The van der Waals surface area contributed by atoms with E-state index in [2.05, 4.69) is 20.7 Å². The summed E-state index contributed by atoms with van der Waals surface area (Å²) in [6.07, 6.45) is 0. The molecule has 0 spiro atoms. The van der Waals surface area contributed by atoms with Crippen LogP contribution in [0.3, 0.4) is 0 Å². The van der Waals surface area contributed by atoms with Crippen molar-refractivity contribution in [1.82, 2.24) is 15.6 Å². The summed E-state index contributed by atoms with van der Waals surface area (Å²) in [6, 6.07) is 12.9. The number of nitrogens with zero attached hydrogens (tertiary/aromatic N) is 2. The molecule has 1 heterocycles. The van der Waals surface area contributed by atoms with Crippen LogP contribution in [0.2, 0.25) is 0 Å². The molecule has 0 radical (unpaired) electrons. The molecule has 3 rings (SSSR count). The van der Waals surface area contributed by atoms with Gasteiger partial charge in [-0.3, -0.25) is 9.59 Å². The van der Waals surface area contributed by atoms with E-state index in [1.165, 1.54) is 0 Å². The third-order valence-electron chi connectivity index (χ3n) is 4.02. The highest BCUT2D eigenvalue weighted by atomic mass is 16.2. The first-order chi connectivity index (χ1) is 12.0. The molecule has 0 bridgehead atoms. The summed E-state index contributed by atoms with van der Waals surface area (Å²) >= 11 is 0. The summed E-state index contributed by atoms with van der Waals surface area (Å²) in [7, 11) is 0. The number of nitrogens with one attached hydrogen (secondary N) is 2. The Kier molecular flexibility index (Phi) is 4.43. The van der Waals surface area contributed by atoms with Gasteiger partial charge in [0.1, 0.15) is 0 Å². The number of amides is 1. The van der Waals surface area contributed by atoms with Crippen molar-refractivity contribution >= 4 is 22.4 Å². The Morgan fingerprint density at radius 3 is 2.60 bits per heavy atom.